The molecule has 1 N–H and O–H groups in total. The zero-order valence-electron chi connectivity index (χ0n) is 16.0. The fraction of sp³-hybridized carbons (Fsp3) is 0.238. The van der Waals surface area contributed by atoms with Crippen LogP contribution in [0.1, 0.15) is 15.9 Å². The van der Waals surface area contributed by atoms with Gasteiger partial charge >= 0.3 is 0 Å². The van der Waals surface area contributed by atoms with Crippen molar-refractivity contribution >= 4 is 16.8 Å². The zero-order valence-corrected chi connectivity index (χ0v) is 16.0. The van der Waals surface area contributed by atoms with Crippen molar-refractivity contribution in [1.82, 2.24) is 30.1 Å². The molecule has 5 rings (SSSR count). The largest absolute Gasteiger partial charge is 0.378 e. The van der Waals surface area contributed by atoms with E-state index in [9.17, 15) is 4.79 Å². The van der Waals surface area contributed by atoms with Gasteiger partial charge in [-0.05, 0) is 43.3 Å². The lowest BCUT2D eigenvalue weighted by atomic mass is 10.1. The molecule has 146 valence electrons. The number of H-pyrrole nitrogens is 1. The number of amides is 1. The molecule has 3 heterocycles. The third-order valence-corrected chi connectivity index (χ3v) is 5.13. The van der Waals surface area contributed by atoms with Gasteiger partial charge in [0.25, 0.3) is 5.91 Å². The number of nitrogens with zero attached hydrogens (tertiary/aromatic N) is 5. The highest BCUT2D eigenvalue weighted by Crippen LogP contribution is 2.26. The maximum absolute atomic E-state index is 12.6. The Morgan fingerprint density at radius 1 is 1.10 bits per heavy atom. The summed E-state index contributed by atoms with van der Waals surface area (Å²) in [6, 6.07) is 13.5. The topological polar surface area (TPSA) is 88.9 Å². The number of fused-ring (bicyclic) bond motifs is 1. The summed E-state index contributed by atoms with van der Waals surface area (Å²) >= 11 is 0. The molecule has 0 aliphatic carbocycles. The number of aryl methyl sites for hydroxylation is 1. The minimum absolute atomic E-state index is 0.0255. The SMILES string of the molecule is Cc1ccc2[nH]nc(-c3cn(-c4ccc(C(=O)N5CCOCC5)cc4)nn3)c2c1. The number of hydrogen-bond donors (Lipinski definition) is 1. The number of carbonyl (C=O) groups excluding carboxylic acids is 1. The Bertz CT molecular complexity index is 1170. The Morgan fingerprint density at radius 3 is 2.69 bits per heavy atom. The van der Waals surface area contributed by atoms with Gasteiger partial charge in [-0.15, -0.1) is 5.10 Å². The summed E-state index contributed by atoms with van der Waals surface area (Å²) in [6.07, 6.45) is 1.84. The van der Waals surface area contributed by atoms with E-state index in [1.165, 1.54) is 0 Å². The van der Waals surface area contributed by atoms with Crippen molar-refractivity contribution < 1.29 is 9.53 Å². The maximum atomic E-state index is 12.6. The van der Waals surface area contributed by atoms with Crippen LogP contribution in [0.2, 0.25) is 0 Å². The number of morpholine rings is 1. The van der Waals surface area contributed by atoms with Gasteiger partial charge in [-0.2, -0.15) is 5.10 Å². The standard InChI is InChI=1S/C21H20N6O2/c1-14-2-7-18-17(12-14)20(24-22-18)19-13-27(25-23-19)16-5-3-15(4-6-16)21(28)26-8-10-29-11-9-26/h2-7,12-13H,8-11H2,1H3,(H,22,24). The van der Waals surface area contributed by atoms with Gasteiger partial charge in [-0.25, -0.2) is 4.68 Å². The predicted molar refractivity (Wildman–Crippen MR) is 108 cm³/mol. The second kappa shape index (κ2) is 7.14. The van der Waals surface area contributed by atoms with E-state index in [0.29, 0.717) is 37.6 Å². The van der Waals surface area contributed by atoms with Crippen molar-refractivity contribution in [2.75, 3.05) is 26.3 Å². The zero-order chi connectivity index (χ0) is 19.8. The van der Waals surface area contributed by atoms with Gasteiger partial charge in [0.05, 0.1) is 30.6 Å². The number of nitrogens with one attached hydrogen (secondary N) is 1. The van der Waals surface area contributed by atoms with E-state index in [0.717, 1.165) is 27.8 Å². The quantitative estimate of drug-likeness (QED) is 0.583. The van der Waals surface area contributed by atoms with Crippen LogP contribution in [-0.2, 0) is 4.74 Å². The van der Waals surface area contributed by atoms with Crippen molar-refractivity contribution in [2.24, 2.45) is 0 Å². The van der Waals surface area contributed by atoms with Crippen molar-refractivity contribution in [1.29, 1.82) is 0 Å². The number of ether oxygens (including phenoxy) is 1. The fourth-order valence-corrected chi connectivity index (χ4v) is 3.53. The summed E-state index contributed by atoms with van der Waals surface area (Å²) in [4.78, 5) is 14.4. The molecule has 8 heteroatoms. The minimum atomic E-state index is 0.0255. The van der Waals surface area contributed by atoms with Gasteiger partial charge in [0, 0.05) is 24.0 Å². The van der Waals surface area contributed by atoms with Crippen LogP contribution in [0, 0.1) is 6.92 Å². The lowest BCUT2D eigenvalue weighted by molar-refractivity contribution is 0.0303. The molecule has 0 bridgehead atoms. The predicted octanol–water partition coefficient (Wildman–Crippen LogP) is 2.59. The summed E-state index contributed by atoms with van der Waals surface area (Å²) in [5.74, 6) is 0.0255. The smallest absolute Gasteiger partial charge is 0.254 e. The van der Waals surface area contributed by atoms with E-state index in [4.69, 9.17) is 4.74 Å². The number of carbonyl (C=O) groups is 1. The van der Waals surface area contributed by atoms with E-state index in [1.807, 2.05) is 54.4 Å². The summed E-state index contributed by atoms with van der Waals surface area (Å²) in [5, 5.41) is 17.0. The van der Waals surface area contributed by atoms with Crippen molar-refractivity contribution in [3.63, 3.8) is 0 Å². The molecule has 1 fully saturated rings. The molecule has 0 saturated carbocycles. The average molecular weight is 388 g/mol. The minimum Gasteiger partial charge on any atom is -0.378 e. The van der Waals surface area contributed by atoms with Crippen LogP contribution < -0.4 is 0 Å². The van der Waals surface area contributed by atoms with E-state index >= 15 is 0 Å². The first-order valence-electron chi connectivity index (χ1n) is 9.54. The van der Waals surface area contributed by atoms with Gasteiger partial charge in [-0.1, -0.05) is 16.8 Å². The molecule has 0 atom stereocenters. The van der Waals surface area contributed by atoms with Crippen LogP contribution in [0.5, 0.6) is 0 Å². The number of aromatic nitrogens is 5. The molecule has 1 amide bonds. The Labute approximate surface area is 167 Å². The Balaban J connectivity index is 1.40. The first-order valence-corrected chi connectivity index (χ1v) is 9.54. The van der Waals surface area contributed by atoms with Crippen molar-refractivity contribution in [2.45, 2.75) is 6.92 Å². The lowest BCUT2D eigenvalue weighted by Crippen LogP contribution is -2.40. The van der Waals surface area contributed by atoms with E-state index in [1.54, 1.807) is 4.68 Å². The molecule has 0 radical (unpaired) electrons. The van der Waals surface area contributed by atoms with Gasteiger partial charge in [0.15, 0.2) is 0 Å². The van der Waals surface area contributed by atoms with Crippen LogP contribution in [-0.4, -0.2) is 62.3 Å². The fourth-order valence-electron chi connectivity index (χ4n) is 3.53. The van der Waals surface area contributed by atoms with E-state index < -0.39 is 0 Å². The second-order valence-electron chi connectivity index (χ2n) is 7.12. The second-order valence-corrected chi connectivity index (χ2v) is 7.12. The summed E-state index contributed by atoms with van der Waals surface area (Å²) in [7, 11) is 0. The van der Waals surface area contributed by atoms with Crippen LogP contribution >= 0.6 is 0 Å². The molecule has 1 saturated heterocycles. The summed E-state index contributed by atoms with van der Waals surface area (Å²) < 4.78 is 7.00. The first-order chi connectivity index (χ1) is 14.2. The van der Waals surface area contributed by atoms with Crippen LogP contribution in [0.25, 0.3) is 28.0 Å². The first kappa shape index (κ1) is 17.6. The monoisotopic (exact) mass is 388 g/mol. The van der Waals surface area contributed by atoms with Gasteiger partial charge in [0.2, 0.25) is 0 Å². The number of benzene rings is 2. The molecule has 2 aromatic heterocycles. The molecule has 2 aromatic carbocycles. The highest BCUT2D eigenvalue weighted by molar-refractivity contribution is 5.94. The lowest BCUT2D eigenvalue weighted by Gasteiger charge is -2.26. The van der Waals surface area contributed by atoms with Crippen molar-refractivity contribution in [3.05, 3.63) is 59.8 Å². The Hall–Kier alpha value is -3.52. The third-order valence-electron chi connectivity index (χ3n) is 5.13. The van der Waals surface area contributed by atoms with Gasteiger partial charge in [-0.3, -0.25) is 9.89 Å². The van der Waals surface area contributed by atoms with Gasteiger partial charge in [0.1, 0.15) is 11.4 Å². The number of hydrogen-bond acceptors (Lipinski definition) is 5. The van der Waals surface area contributed by atoms with E-state index in [2.05, 4.69) is 26.6 Å². The van der Waals surface area contributed by atoms with Crippen LogP contribution in [0.15, 0.2) is 48.7 Å². The molecular formula is C21H20N6O2. The molecule has 29 heavy (non-hydrogen) atoms. The molecule has 0 unspecified atom stereocenters. The van der Waals surface area contributed by atoms with Crippen LogP contribution in [0.3, 0.4) is 0 Å². The Kier molecular flexibility index (Phi) is 4.33. The number of aromatic amines is 1. The molecule has 1 aliphatic heterocycles. The molecule has 4 aromatic rings. The summed E-state index contributed by atoms with van der Waals surface area (Å²) in [5.41, 5.74) is 5.08. The molecule has 1 aliphatic rings. The molecular weight excluding hydrogens is 368 g/mol. The molecule has 8 nitrogen and oxygen atoms in total. The van der Waals surface area contributed by atoms with E-state index in [-0.39, 0.29) is 5.91 Å². The molecule has 0 spiro atoms. The average Bonchev–Trinajstić information content (AvgIpc) is 3.41. The summed E-state index contributed by atoms with van der Waals surface area (Å²) in [6.45, 7) is 4.49. The maximum Gasteiger partial charge on any atom is 0.254 e. The third kappa shape index (κ3) is 3.27. The number of rotatable bonds is 3. The highest BCUT2D eigenvalue weighted by atomic mass is 16.5. The van der Waals surface area contributed by atoms with Gasteiger partial charge < -0.3 is 9.64 Å². The normalized spacial score (nSPS) is 14.4. The highest BCUT2D eigenvalue weighted by Gasteiger charge is 2.18. The Morgan fingerprint density at radius 2 is 1.90 bits per heavy atom. The van der Waals surface area contributed by atoms with Crippen molar-refractivity contribution in [3.8, 4) is 17.1 Å². The van der Waals surface area contributed by atoms with Crippen LogP contribution in [0.4, 0.5) is 0 Å².